The molecule has 0 saturated carbocycles. The molecule has 2 N–H and O–H groups in total. The predicted octanol–water partition coefficient (Wildman–Crippen LogP) is -0.412. The number of carbonyl (C=O) groups excluding carboxylic acids is 1. The van der Waals surface area contributed by atoms with Gasteiger partial charge in [0.05, 0.1) is 25.5 Å². The average molecular weight is 384 g/mol. The second-order valence-electron chi connectivity index (χ2n) is 6.22. The molecule has 146 valence electrons. The summed E-state index contributed by atoms with van der Waals surface area (Å²) in [7, 11) is 0. The van der Waals surface area contributed by atoms with Crippen LogP contribution in [0.5, 0.6) is 0 Å². The number of nitrogens with zero attached hydrogens (tertiary/aromatic N) is 7. The highest BCUT2D eigenvalue weighted by Crippen LogP contribution is 2.11. The minimum atomic E-state index is -1.28. The summed E-state index contributed by atoms with van der Waals surface area (Å²) in [4.78, 5) is 24.1. The Morgan fingerprint density at radius 3 is 2.67 bits per heavy atom. The van der Waals surface area contributed by atoms with Crippen LogP contribution in [0, 0.1) is 0 Å². The van der Waals surface area contributed by atoms with Crippen molar-refractivity contribution in [2.45, 2.75) is 31.9 Å². The first-order chi connectivity index (χ1) is 12.9. The van der Waals surface area contributed by atoms with Gasteiger partial charge in [-0.15, -0.1) is 10.2 Å². The van der Waals surface area contributed by atoms with Crippen molar-refractivity contribution in [3.8, 4) is 0 Å². The van der Waals surface area contributed by atoms with E-state index in [0.29, 0.717) is 0 Å². The highest BCUT2D eigenvalue weighted by Gasteiger charge is 2.27. The maximum absolute atomic E-state index is 14.1. The van der Waals surface area contributed by atoms with Crippen LogP contribution in [0.15, 0.2) is 12.4 Å². The first-order valence-electron chi connectivity index (χ1n) is 8.23. The lowest BCUT2D eigenvalue weighted by atomic mass is 10.2. The van der Waals surface area contributed by atoms with Gasteiger partial charge in [0.1, 0.15) is 12.3 Å². The zero-order chi connectivity index (χ0) is 19.4. The summed E-state index contributed by atoms with van der Waals surface area (Å²) in [6.07, 6.45) is 0.532. The van der Waals surface area contributed by atoms with Crippen molar-refractivity contribution >= 4 is 17.7 Å². The fourth-order valence-corrected chi connectivity index (χ4v) is 2.54. The third-order valence-corrected chi connectivity index (χ3v) is 3.90. The van der Waals surface area contributed by atoms with E-state index in [4.69, 9.17) is 5.11 Å². The van der Waals surface area contributed by atoms with E-state index in [1.165, 1.54) is 21.8 Å². The zero-order valence-electron chi connectivity index (χ0n) is 14.2. The summed E-state index contributed by atoms with van der Waals surface area (Å²) in [6.45, 7) is 0.617. The number of likely N-dealkylation sites (tertiary alicyclic amines) is 1. The molecule has 0 aliphatic carbocycles. The smallest absolute Gasteiger partial charge is 0.358 e. The second-order valence-corrected chi connectivity index (χ2v) is 6.22. The lowest BCUT2D eigenvalue weighted by molar-refractivity contribution is -0.119. The van der Waals surface area contributed by atoms with Crippen molar-refractivity contribution in [1.82, 2.24) is 34.9 Å². The highest BCUT2D eigenvalue weighted by molar-refractivity contribution is 5.91. The van der Waals surface area contributed by atoms with Gasteiger partial charge in [-0.05, 0) is 0 Å². The normalized spacial score (nSPS) is 16.1. The number of hydrogen-bond acceptors (Lipinski definition) is 7. The molecule has 11 nitrogen and oxygen atoms in total. The molecular weight excluding hydrogens is 366 g/mol. The standard InChI is InChI=1S/C14H18F2N8O3/c15-9(1-2-23-6-11(14(26)27)18-20-23)5-24-7-12(19-21-24)17-13(25)8-22-3-10(16)4-22/h6-7,9-10H,1-5,8H2,(H,17,25)(H,26,27). The number of amides is 1. The number of aromatic nitrogens is 6. The van der Waals surface area contributed by atoms with Crippen molar-refractivity contribution in [3.63, 3.8) is 0 Å². The van der Waals surface area contributed by atoms with Crippen LogP contribution in [0.4, 0.5) is 14.6 Å². The summed E-state index contributed by atoms with van der Waals surface area (Å²) >= 11 is 0. The van der Waals surface area contributed by atoms with Gasteiger partial charge in [-0.25, -0.2) is 18.3 Å². The zero-order valence-corrected chi connectivity index (χ0v) is 14.2. The number of halogens is 2. The molecule has 3 heterocycles. The first kappa shape index (κ1) is 18.8. The van der Waals surface area contributed by atoms with E-state index in [1.807, 2.05) is 0 Å². The van der Waals surface area contributed by atoms with Crippen LogP contribution in [0.3, 0.4) is 0 Å². The van der Waals surface area contributed by atoms with E-state index in [0.717, 1.165) is 0 Å². The first-order valence-corrected chi connectivity index (χ1v) is 8.23. The van der Waals surface area contributed by atoms with E-state index in [2.05, 4.69) is 25.9 Å². The predicted molar refractivity (Wildman–Crippen MR) is 86.5 cm³/mol. The van der Waals surface area contributed by atoms with E-state index >= 15 is 0 Å². The lowest BCUT2D eigenvalue weighted by Gasteiger charge is -2.33. The molecule has 1 aliphatic heterocycles. The van der Waals surface area contributed by atoms with E-state index in [1.54, 1.807) is 4.90 Å². The van der Waals surface area contributed by atoms with E-state index < -0.39 is 18.3 Å². The number of carbonyl (C=O) groups is 2. The molecule has 13 heteroatoms. The van der Waals surface area contributed by atoms with Gasteiger partial charge in [0.25, 0.3) is 0 Å². The van der Waals surface area contributed by atoms with Gasteiger partial charge < -0.3 is 10.4 Å². The molecule has 1 atom stereocenters. The SMILES string of the molecule is O=C(CN1CC(F)C1)Nc1cn(CC(F)CCn2cc(C(=O)O)nn2)nn1. The van der Waals surface area contributed by atoms with Crippen LogP contribution in [0.1, 0.15) is 16.9 Å². The molecule has 2 aromatic heterocycles. The highest BCUT2D eigenvalue weighted by atomic mass is 19.1. The van der Waals surface area contributed by atoms with Gasteiger partial charge in [-0.1, -0.05) is 10.4 Å². The van der Waals surface area contributed by atoms with Crippen LogP contribution in [0.2, 0.25) is 0 Å². The van der Waals surface area contributed by atoms with Crippen LogP contribution in [0.25, 0.3) is 0 Å². The number of carboxylic acid groups (broad SMARTS) is 1. The van der Waals surface area contributed by atoms with Gasteiger partial charge in [-0.2, -0.15) is 0 Å². The van der Waals surface area contributed by atoms with Crippen molar-refractivity contribution in [2.75, 3.05) is 25.0 Å². The van der Waals surface area contributed by atoms with Crippen LogP contribution < -0.4 is 5.32 Å². The van der Waals surface area contributed by atoms with E-state index in [-0.39, 0.29) is 56.6 Å². The molecule has 0 radical (unpaired) electrons. The number of nitrogens with one attached hydrogen (secondary N) is 1. The third kappa shape index (κ3) is 5.26. The van der Waals surface area contributed by atoms with Gasteiger partial charge in [0, 0.05) is 26.1 Å². The fraction of sp³-hybridized carbons (Fsp3) is 0.571. The number of rotatable bonds is 9. The Kier molecular flexibility index (Phi) is 5.69. The van der Waals surface area contributed by atoms with Gasteiger partial charge >= 0.3 is 5.97 Å². The number of carboxylic acids is 1. The minimum absolute atomic E-state index is 0.0647. The molecule has 1 fully saturated rings. The minimum Gasteiger partial charge on any atom is -0.476 e. The number of aryl methyl sites for hydroxylation is 1. The Balaban J connectivity index is 1.41. The Hall–Kier alpha value is -2.96. The molecule has 27 heavy (non-hydrogen) atoms. The molecule has 1 saturated heterocycles. The van der Waals surface area contributed by atoms with Crippen LogP contribution in [-0.2, 0) is 17.9 Å². The fourth-order valence-electron chi connectivity index (χ4n) is 2.54. The summed E-state index contributed by atoms with van der Waals surface area (Å²) in [6, 6.07) is 0. The Labute approximate surface area is 151 Å². The van der Waals surface area contributed by atoms with Crippen molar-refractivity contribution in [2.24, 2.45) is 0 Å². The number of alkyl halides is 2. The largest absolute Gasteiger partial charge is 0.476 e. The maximum atomic E-state index is 14.1. The monoisotopic (exact) mass is 384 g/mol. The van der Waals surface area contributed by atoms with Crippen LogP contribution in [-0.4, -0.2) is 83.8 Å². The summed E-state index contributed by atoms with van der Waals surface area (Å²) < 4.78 is 29.3. The Bertz CT molecular complexity index is 804. The van der Waals surface area contributed by atoms with Gasteiger partial charge in [-0.3, -0.25) is 14.4 Å². The lowest BCUT2D eigenvalue weighted by Crippen LogP contribution is -2.51. The molecule has 1 aliphatic rings. The molecule has 0 bridgehead atoms. The molecule has 0 spiro atoms. The summed E-state index contributed by atoms with van der Waals surface area (Å²) in [5, 5.41) is 25.8. The van der Waals surface area contributed by atoms with Gasteiger partial charge in [0.15, 0.2) is 11.5 Å². The molecule has 2 aromatic rings. The second kappa shape index (κ2) is 8.16. The molecule has 1 amide bonds. The quantitative estimate of drug-likeness (QED) is 0.596. The maximum Gasteiger partial charge on any atom is 0.358 e. The third-order valence-electron chi connectivity index (χ3n) is 3.90. The van der Waals surface area contributed by atoms with Crippen molar-refractivity contribution in [3.05, 3.63) is 18.1 Å². The molecular formula is C14H18F2N8O3. The Morgan fingerprint density at radius 2 is 2.00 bits per heavy atom. The topological polar surface area (TPSA) is 131 Å². The Morgan fingerprint density at radius 1 is 1.26 bits per heavy atom. The number of anilines is 1. The van der Waals surface area contributed by atoms with Gasteiger partial charge in [0.2, 0.25) is 5.91 Å². The van der Waals surface area contributed by atoms with E-state index in [9.17, 15) is 18.4 Å². The summed E-state index contributed by atoms with van der Waals surface area (Å²) in [5.74, 6) is -1.35. The molecule has 0 aromatic carbocycles. The average Bonchev–Trinajstić information content (AvgIpc) is 3.21. The number of hydrogen-bond donors (Lipinski definition) is 2. The van der Waals surface area contributed by atoms with Crippen molar-refractivity contribution in [1.29, 1.82) is 0 Å². The number of aromatic carboxylic acids is 1. The molecule has 3 rings (SSSR count). The summed E-state index contributed by atoms with van der Waals surface area (Å²) in [5.41, 5.74) is -0.206. The van der Waals surface area contributed by atoms with Crippen molar-refractivity contribution < 1.29 is 23.5 Å². The van der Waals surface area contributed by atoms with Crippen LogP contribution >= 0.6 is 0 Å². The molecule has 1 unspecified atom stereocenters.